The molecule has 1 heterocycles. The van der Waals surface area contributed by atoms with E-state index in [-0.39, 0.29) is 0 Å². The highest BCUT2D eigenvalue weighted by molar-refractivity contribution is 5.70. The van der Waals surface area contributed by atoms with Crippen molar-refractivity contribution in [2.75, 3.05) is 18.4 Å². The molecule has 0 bridgehead atoms. The molecule has 0 fully saturated rings. The smallest absolute Gasteiger partial charge is 0.410 e. The van der Waals surface area contributed by atoms with Gasteiger partial charge in [0.15, 0.2) is 0 Å². The predicted octanol–water partition coefficient (Wildman–Crippen LogP) is 3.37. The third-order valence-electron chi connectivity index (χ3n) is 3.66. The molecule has 1 atom stereocenters. The monoisotopic (exact) mass is 282 g/mol. The fraction of sp³-hybridized carbons (Fsp3) is 0.235. The molecule has 0 aromatic heterocycles. The van der Waals surface area contributed by atoms with Crippen molar-refractivity contribution >= 4 is 11.8 Å². The summed E-state index contributed by atoms with van der Waals surface area (Å²) in [4.78, 5) is 11.7. The van der Waals surface area contributed by atoms with Gasteiger partial charge in [0.2, 0.25) is 0 Å². The average Bonchev–Trinajstić information content (AvgIpc) is 2.92. The van der Waals surface area contributed by atoms with Crippen LogP contribution in [0, 0.1) is 0 Å². The van der Waals surface area contributed by atoms with Gasteiger partial charge in [0, 0.05) is 24.7 Å². The first-order chi connectivity index (χ1) is 10.3. The fourth-order valence-electron chi connectivity index (χ4n) is 2.59. The number of ether oxygens (including phenoxy) is 1. The Morgan fingerprint density at radius 1 is 1.14 bits per heavy atom. The predicted molar refractivity (Wildman–Crippen MR) is 82.8 cm³/mol. The number of hydrogen-bond donors (Lipinski definition) is 2. The fourth-order valence-corrected chi connectivity index (χ4v) is 2.59. The van der Waals surface area contributed by atoms with E-state index >= 15 is 0 Å². The first-order valence-electron chi connectivity index (χ1n) is 7.16. The Morgan fingerprint density at radius 2 is 1.90 bits per heavy atom. The Morgan fingerprint density at radius 3 is 2.76 bits per heavy atom. The van der Waals surface area contributed by atoms with Crippen LogP contribution < -0.4 is 15.4 Å². The molecule has 0 radical (unpaired) electrons. The van der Waals surface area contributed by atoms with Gasteiger partial charge in [-0.2, -0.15) is 0 Å². The topological polar surface area (TPSA) is 50.4 Å². The second-order valence-corrected chi connectivity index (χ2v) is 5.08. The van der Waals surface area contributed by atoms with Crippen molar-refractivity contribution in [3.05, 3.63) is 60.2 Å². The highest BCUT2D eigenvalue weighted by Crippen LogP contribution is 2.32. The van der Waals surface area contributed by atoms with Crippen molar-refractivity contribution in [2.24, 2.45) is 0 Å². The second kappa shape index (κ2) is 6.31. The molecule has 1 aliphatic rings. The highest BCUT2D eigenvalue weighted by atomic mass is 16.5. The minimum atomic E-state index is -0.402. The van der Waals surface area contributed by atoms with Crippen LogP contribution in [-0.2, 0) is 0 Å². The highest BCUT2D eigenvalue weighted by Gasteiger charge is 2.21. The van der Waals surface area contributed by atoms with Crippen molar-refractivity contribution < 1.29 is 9.53 Å². The minimum Gasteiger partial charge on any atom is -0.410 e. The number of fused-ring (bicyclic) bond motifs is 1. The summed E-state index contributed by atoms with van der Waals surface area (Å²) in [7, 11) is 0. The van der Waals surface area contributed by atoms with Crippen molar-refractivity contribution in [3.8, 4) is 5.75 Å². The standard InChI is InChI=1S/C17H18N2O2/c20-17(21-14-6-2-1-3-7-14)18-11-10-13-12-19-16-9-5-4-8-15(13)16/h1-9,13,19H,10-12H2,(H,18,20). The lowest BCUT2D eigenvalue weighted by molar-refractivity contribution is 0.200. The molecule has 2 aromatic rings. The molecule has 4 nitrogen and oxygen atoms in total. The second-order valence-electron chi connectivity index (χ2n) is 5.08. The van der Waals surface area contributed by atoms with Crippen LogP contribution in [0.25, 0.3) is 0 Å². The molecule has 21 heavy (non-hydrogen) atoms. The molecule has 1 amide bonds. The lowest BCUT2D eigenvalue weighted by Crippen LogP contribution is -2.28. The summed E-state index contributed by atoms with van der Waals surface area (Å²) < 4.78 is 5.18. The third-order valence-corrected chi connectivity index (χ3v) is 3.66. The van der Waals surface area contributed by atoms with Gasteiger partial charge in [0.05, 0.1) is 0 Å². The van der Waals surface area contributed by atoms with Crippen molar-refractivity contribution in [2.45, 2.75) is 12.3 Å². The molecule has 0 saturated carbocycles. The quantitative estimate of drug-likeness (QED) is 0.904. The summed E-state index contributed by atoms with van der Waals surface area (Å²) in [5.74, 6) is 1.00. The van der Waals surface area contributed by atoms with Crippen molar-refractivity contribution in [1.29, 1.82) is 0 Å². The van der Waals surface area contributed by atoms with Crippen LogP contribution in [0.4, 0.5) is 10.5 Å². The SMILES string of the molecule is O=C(NCCC1CNc2ccccc21)Oc1ccccc1. The normalized spacial score (nSPS) is 15.9. The first-order valence-corrected chi connectivity index (χ1v) is 7.16. The number of rotatable bonds is 4. The van der Waals surface area contributed by atoms with Crippen LogP contribution in [0.2, 0.25) is 0 Å². The average molecular weight is 282 g/mol. The number of benzene rings is 2. The zero-order chi connectivity index (χ0) is 14.5. The van der Waals surface area contributed by atoms with Gasteiger partial charge in [-0.25, -0.2) is 4.79 Å². The number of amides is 1. The number of nitrogens with one attached hydrogen (secondary N) is 2. The van der Waals surface area contributed by atoms with Crippen LogP contribution in [0.3, 0.4) is 0 Å². The van der Waals surface area contributed by atoms with E-state index in [4.69, 9.17) is 4.74 Å². The van der Waals surface area contributed by atoms with Crippen molar-refractivity contribution in [3.63, 3.8) is 0 Å². The van der Waals surface area contributed by atoms with Crippen LogP contribution in [0.1, 0.15) is 17.9 Å². The van der Waals surface area contributed by atoms with E-state index in [1.165, 1.54) is 11.3 Å². The summed E-state index contributed by atoms with van der Waals surface area (Å²) in [6.45, 7) is 1.53. The van der Waals surface area contributed by atoms with Gasteiger partial charge < -0.3 is 15.4 Å². The van der Waals surface area contributed by atoms with E-state index in [9.17, 15) is 4.79 Å². The number of hydrogen-bond acceptors (Lipinski definition) is 3. The van der Waals surface area contributed by atoms with Gasteiger partial charge in [-0.05, 0) is 30.2 Å². The third kappa shape index (κ3) is 3.34. The molecule has 2 N–H and O–H groups in total. The molecule has 0 aliphatic carbocycles. The summed E-state index contributed by atoms with van der Waals surface area (Å²) >= 11 is 0. The number of carbonyl (C=O) groups is 1. The van der Waals surface area contributed by atoms with Gasteiger partial charge in [-0.1, -0.05) is 36.4 Å². The molecule has 1 unspecified atom stereocenters. The molecule has 108 valence electrons. The van der Waals surface area contributed by atoms with E-state index in [2.05, 4.69) is 28.8 Å². The van der Waals surface area contributed by atoms with E-state index in [1.807, 2.05) is 24.3 Å². The van der Waals surface area contributed by atoms with E-state index < -0.39 is 6.09 Å². The van der Waals surface area contributed by atoms with Gasteiger partial charge in [-0.3, -0.25) is 0 Å². The Hall–Kier alpha value is -2.49. The van der Waals surface area contributed by atoms with Crippen molar-refractivity contribution in [1.82, 2.24) is 5.32 Å². The number of anilines is 1. The first kappa shape index (κ1) is 13.5. The summed E-state index contributed by atoms with van der Waals surface area (Å²) in [6.07, 6.45) is 0.494. The molecule has 2 aromatic carbocycles. The number of carbonyl (C=O) groups excluding carboxylic acids is 1. The molecule has 0 spiro atoms. The molecule has 1 aliphatic heterocycles. The van der Waals surface area contributed by atoms with E-state index in [0.29, 0.717) is 18.2 Å². The van der Waals surface area contributed by atoms with Crippen LogP contribution in [-0.4, -0.2) is 19.2 Å². The lowest BCUT2D eigenvalue weighted by atomic mass is 9.98. The van der Waals surface area contributed by atoms with Gasteiger partial charge in [-0.15, -0.1) is 0 Å². The van der Waals surface area contributed by atoms with Gasteiger partial charge in [0.25, 0.3) is 0 Å². The summed E-state index contributed by atoms with van der Waals surface area (Å²) in [5.41, 5.74) is 2.53. The number of para-hydroxylation sites is 2. The Kier molecular flexibility index (Phi) is 4.05. The molecule has 4 heteroatoms. The lowest BCUT2D eigenvalue weighted by Gasteiger charge is -2.11. The zero-order valence-corrected chi connectivity index (χ0v) is 11.7. The van der Waals surface area contributed by atoms with Crippen LogP contribution in [0.15, 0.2) is 54.6 Å². The molecule has 3 rings (SSSR count). The maximum absolute atomic E-state index is 11.7. The molecular formula is C17H18N2O2. The van der Waals surface area contributed by atoms with E-state index in [0.717, 1.165) is 13.0 Å². The Bertz CT molecular complexity index is 613. The van der Waals surface area contributed by atoms with Crippen LogP contribution >= 0.6 is 0 Å². The van der Waals surface area contributed by atoms with Crippen LogP contribution in [0.5, 0.6) is 5.75 Å². The Balaban J connectivity index is 1.46. The molecular weight excluding hydrogens is 264 g/mol. The van der Waals surface area contributed by atoms with Gasteiger partial charge in [0.1, 0.15) is 5.75 Å². The Labute approximate surface area is 124 Å². The molecule has 0 saturated heterocycles. The van der Waals surface area contributed by atoms with E-state index in [1.54, 1.807) is 12.1 Å². The minimum absolute atomic E-state index is 0.402. The summed E-state index contributed by atoms with van der Waals surface area (Å²) in [6, 6.07) is 17.4. The zero-order valence-electron chi connectivity index (χ0n) is 11.7. The summed E-state index contributed by atoms with van der Waals surface area (Å²) in [5, 5.41) is 6.18. The maximum atomic E-state index is 11.7. The maximum Gasteiger partial charge on any atom is 0.412 e. The largest absolute Gasteiger partial charge is 0.412 e. The van der Waals surface area contributed by atoms with Gasteiger partial charge >= 0.3 is 6.09 Å².